The van der Waals surface area contributed by atoms with Crippen molar-refractivity contribution in [3.8, 4) is 0 Å². The van der Waals surface area contributed by atoms with Gasteiger partial charge in [-0.3, -0.25) is 4.72 Å². The molecule has 7 heteroatoms. The Bertz CT molecular complexity index is 740. The fourth-order valence-electron chi connectivity index (χ4n) is 1.62. The van der Waals surface area contributed by atoms with E-state index in [1.807, 2.05) is 0 Å². The van der Waals surface area contributed by atoms with Gasteiger partial charge in [-0.25, -0.2) is 13.2 Å². The van der Waals surface area contributed by atoms with E-state index in [1.165, 1.54) is 43.5 Å². The minimum absolute atomic E-state index is 0.181. The number of rotatable bonds is 4. The molecule has 0 amide bonds. The number of halogens is 1. The molecule has 21 heavy (non-hydrogen) atoms. The van der Waals surface area contributed by atoms with Gasteiger partial charge >= 0.3 is 5.97 Å². The predicted octanol–water partition coefficient (Wildman–Crippen LogP) is 2.88. The van der Waals surface area contributed by atoms with E-state index in [1.54, 1.807) is 12.1 Å². The average molecular weight is 417 g/mol. The van der Waals surface area contributed by atoms with Gasteiger partial charge in [0.15, 0.2) is 0 Å². The largest absolute Gasteiger partial charge is 0.465 e. The fraction of sp³-hybridized carbons (Fsp3) is 0.0714. The number of benzene rings is 2. The standard InChI is InChI=1S/C14H12INO4S/c1-20-14(17)10-2-6-12(7-3-10)16-21(18,19)13-8-4-11(15)5-9-13/h2-9,16H,1H3. The van der Waals surface area contributed by atoms with Crippen LogP contribution in [0.15, 0.2) is 53.4 Å². The molecule has 0 radical (unpaired) electrons. The van der Waals surface area contributed by atoms with E-state index >= 15 is 0 Å². The Balaban J connectivity index is 2.20. The molecule has 110 valence electrons. The molecule has 0 saturated heterocycles. The third-order valence-electron chi connectivity index (χ3n) is 2.68. The third kappa shape index (κ3) is 3.94. The molecule has 0 fully saturated rings. The van der Waals surface area contributed by atoms with Gasteiger partial charge in [-0.2, -0.15) is 0 Å². The fourth-order valence-corrected chi connectivity index (χ4v) is 3.04. The summed E-state index contributed by atoms with van der Waals surface area (Å²) >= 11 is 2.10. The third-order valence-corrected chi connectivity index (χ3v) is 4.80. The summed E-state index contributed by atoms with van der Waals surface area (Å²) in [4.78, 5) is 11.5. The van der Waals surface area contributed by atoms with Gasteiger partial charge in [0, 0.05) is 9.26 Å². The molecule has 0 aliphatic carbocycles. The summed E-state index contributed by atoms with van der Waals surface area (Å²) < 4.78 is 32.4. The molecular weight excluding hydrogens is 405 g/mol. The summed E-state index contributed by atoms with van der Waals surface area (Å²) in [5, 5.41) is 0. The van der Waals surface area contributed by atoms with Crippen molar-refractivity contribution in [2.75, 3.05) is 11.8 Å². The van der Waals surface area contributed by atoms with E-state index < -0.39 is 16.0 Å². The molecule has 0 aliphatic rings. The van der Waals surface area contributed by atoms with Gasteiger partial charge in [0.1, 0.15) is 0 Å². The summed E-state index contributed by atoms with van der Waals surface area (Å²) in [6.07, 6.45) is 0. The average Bonchev–Trinajstić information content (AvgIpc) is 2.47. The summed E-state index contributed by atoms with van der Waals surface area (Å²) in [6, 6.07) is 12.5. The molecular formula is C14H12INO4S. The molecule has 2 aromatic carbocycles. The highest BCUT2D eigenvalue weighted by Gasteiger charge is 2.14. The first-order valence-electron chi connectivity index (χ1n) is 5.89. The molecule has 0 heterocycles. The van der Waals surface area contributed by atoms with Crippen LogP contribution in [0, 0.1) is 3.57 Å². The van der Waals surface area contributed by atoms with Crippen molar-refractivity contribution in [3.63, 3.8) is 0 Å². The minimum Gasteiger partial charge on any atom is -0.465 e. The molecule has 0 aliphatic heterocycles. The van der Waals surface area contributed by atoms with Crippen molar-refractivity contribution < 1.29 is 17.9 Å². The van der Waals surface area contributed by atoms with Crippen LogP contribution in [0.5, 0.6) is 0 Å². The van der Waals surface area contributed by atoms with Crippen molar-refractivity contribution in [1.82, 2.24) is 0 Å². The topological polar surface area (TPSA) is 72.5 Å². The quantitative estimate of drug-likeness (QED) is 0.614. The summed E-state index contributed by atoms with van der Waals surface area (Å²) in [7, 11) is -2.35. The minimum atomic E-state index is -3.64. The number of esters is 1. The predicted molar refractivity (Wildman–Crippen MR) is 87.7 cm³/mol. The van der Waals surface area contributed by atoms with Gasteiger partial charge in [-0.05, 0) is 71.1 Å². The normalized spacial score (nSPS) is 11.0. The van der Waals surface area contributed by atoms with Crippen LogP contribution in [0.4, 0.5) is 5.69 Å². The Kier molecular flexibility index (Phi) is 4.84. The second-order valence-electron chi connectivity index (χ2n) is 4.13. The lowest BCUT2D eigenvalue weighted by molar-refractivity contribution is 0.0601. The van der Waals surface area contributed by atoms with E-state index in [4.69, 9.17) is 0 Å². The number of methoxy groups -OCH3 is 1. The maximum absolute atomic E-state index is 12.2. The highest BCUT2D eigenvalue weighted by molar-refractivity contribution is 14.1. The molecule has 2 aromatic rings. The molecule has 0 saturated carbocycles. The first-order chi connectivity index (χ1) is 9.92. The number of carbonyl (C=O) groups excluding carboxylic acids is 1. The molecule has 0 unspecified atom stereocenters. The summed E-state index contributed by atoms with van der Waals surface area (Å²) in [5.74, 6) is -0.470. The lowest BCUT2D eigenvalue weighted by Gasteiger charge is -2.08. The molecule has 0 spiro atoms. The van der Waals surface area contributed by atoms with Gasteiger partial charge < -0.3 is 4.74 Å². The Morgan fingerprint density at radius 2 is 1.62 bits per heavy atom. The van der Waals surface area contributed by atoms with Crippen molar-refractivity contribution in [1.29, 1.82) is 0 Å². The van der Waals surface area contributed by atoms with E-state index in [9.17, 15) is 13.2 Å². The Hall–Kier alpha value is -1.61. The highest BCUT2D eigenvalue weighted by Crippen LogP contribution is 2.18. The number of hydrogen-bond acceptors (Lipinski definition) is 4. The van der Waals surface area contributed by atoms with Crippen molar-refractivity contribution in [2.24, 2.45) is 0 Å². The van der Waals surface area contributed by atoms with Crippen LogP contribution >= 0.6 is 22.6 Å². The highest BCUT2D eigenvalue weighted by atomic mass is 127. The van der Waals surface area contributed by atoms with Crippen LogP contribution in [-0.4, -0.2) is 21.5 Å². The molecule has 1 N–H and O–H groups in total. The Morgan fingerprint density at radius 3 is 2.14 bits per heavy atom. The summed E-state index contributed by atoms with van der Waals surface area (Å²) in [6.45, 7) is 0. The molecule has 0 aromatic heterocycles. The Labute approximate surface area is 136 Å². The van der Waals surface area contributed by atoms with E-state index in [2.05, 4.69) is 32.0 Å². The molecule has 0 bridgehead atoms. The second kappa shape index (κ2) is 6.44. The molecule has 2 rings (SSSR count). The number of carbonyl (C=O) groups is 1. The van der Waals surface area contributed by atoms with Gasteiger partial charge in [0.05, 0.1) is 17.6 Å². The van der Waals surface area contributed by atoms with Crippen molar-refractivity contribution >= 4 is 44.3 Å². The zero-order valence-corrected chi connectivity index (χ0v) is 14.0. The zero-order chi connectivity index (χ0) is 15.5. The van der Waals surface area contributed by atoms with Gasteiger partial charge in [-0.1, -0.05) is 0 Å². The smallest absolute Gasteiger partial charge is 0.337 e. The summed E-state index contributed by atoms with van der Waals surface area (Å²) in [5.41, 5.74) is 0.732. The van der Waals surface area contributed by atoms with Crippen LogP contribution in [0.2, 0.25) is 0 Å². The molecule has 0 atom stereocenters. The number of sulfonamides is 1. The lowest BCUT2D eigenvalue weighted by Crippen LogP contribution is -2.13. The first-order valence-corrected chi connectivity index (χ1v) is 8.45. The van der Waals surface area contributed by atoms with Crippen molar-refractivity contribution in [3.05, 3.63) is 57.7 Å². The number of hydrogen-bond donors (Lipinski definition) is 1. The second-order valence-corrected chi connectivity index (χ2v) is 7.06. The van der Waals surface area contributed by atoms with E-state index in [0.717, 1.165) is 3.57 Å². The van der Waals surface area contributed by atoms with Crippen molar-refractivity contribution in [2.45, 2.75) is 4.90 Å². The Morgan fingerprint density at radius 1 is 1.05 bits per heavy atom. The van der Waals surface area contributed by atoms with Crippen LogP contribution in [0.1, 0.15) is 10.4 Å². The maximum Gasteiger partial charge on any atom is 0.337 e. The monoisotopic (exact) mass is 417 g/mol. The number of ether oxygens (including phenoxy) is 1. The van der Waals surface area contributed by atoms with Crippen LogP contribution in [0.3, 0.4) is 0 Å². The zero-order valence-electron chi connectivity index (χ0n) is 11.0. The maximum atomic E-state index is 12.2. The van der Waals surface area contributed by atoms with Gasteiger partial charge in [0.25, 0.3) is 10.0 Å². The van der Waals surface area contributed by atoms with Crippen LogP contribution < -0.4 is 4.72 Å². The number of nitrogens with one attached hydrogen (secondary N) is 1. The van der Waals surface area contributed by atoms with Gasteiger partial charge in [-0.15, -0.1) is 0 Å². The van der Waals surface area contributed by atoms with Gasteiger partial charge in [0.2, 0.25) is 0 Å². The van der Waals surface area contributed by atoms with Crippen LogP contribution in [-0.2, 0) is 14.8 Å². The SMILES string of the molecule is COC(=O)c1ccc(NS(=O)(=O)c2ccc(I)cc2)cc1. The van der Waals surface area contributed by atoms with E-state index in [0.29, 0.717) is 11.3 Å². The first kappa shape index (κ1) is 15.8. The van der Waals surface area contributed by atoms with E-state index in [-0.39, 0.29) is 4.90 Å². The lowest BCUT2D eigenvalue weighted by atomic mass is 10.2. The number of anilines is 1. The molecule has 5 nitrogen and oxygen atoms in total. The van der Waals surface area contributed by atoms with Crippen LogP contribution in [0.25, 0.3) is 0 Å².